The van der Waals surface area contributed by atoms with Gasteiger partial charge in [0.25, 0.3) is 5.91 Å². The highest BCUT2D eigenvalue weighted by atomic mass is 16.5. The molecule has 2 rings (SSSR count). The van der Waals surface area contributed by atoms with Crippen LogP contribution < -0.4 is 4.74 Å². The molecule has 1 aliphatic rings. The number of piperidine rings is 1. The molecule has 1 fully saturated rings. The standard InChI is InChI=1S/C22H35NO2/c1-15(2)19-10-12-23(13-11-19)21(24)22(7,16(3)4)25-20-9-8-17(5)18(6)14-20/h8-9,14-16,19H,10-13H2,1-7H3. The Kier molecular flexibility index (Phi) is 6.18. The summed E-state index contributed by atoms with van der Waals surface area (Å²) < 4.78 is 6.30. The zero-order valence-electron chi connectivity index (χ0n) is 17.1. The summed E-state index contributed by atoms with van der Waals surface area (Å²) in [5.74, 6) is 2.44. The molecule has 3 nitrogen and oxygen atoms in total. The Morgan fingerprint density at radius 2 is 1.72 bits per heavy atom. The van der Waals surface area contributed by atoms with E-state index in [2.05, 4.69) is 47.6 Å². The van der Waals surface area contributed by atoms with Gasteiger partial charge in [-0.2, -0.15) is 0 Å². The van der Waals surface area contributed by atoms with Crippen molar-refractivity contribution in [3.63, 3.8) is 0 Å². The number of likely N-dealkylation sites (tertiary alicyclic amines) is 1. The molecule has 3 heteroatoms. The predicted molar refractivity (Wildman–Crippen MR) is 104 cm³/mol. The lowest BCUT2D eigenvalue weighted by Crippen LogP contribution is -2.56. The number of hydrogen-bond donors (Lipinski definition) is 0. The minimum absolute atomic E-state index is 0.101. The van der Waals surface area contributed by atoms with Crippen molar-refractivity contribution in [3.8, 4) is 5.75 Å². The fourth-order valence-electron chi connectivity index (χ4n) is 3.51. The molecule has 1 atom stereocenters. The normalized spacial score (nSPS) is 18.5. The molecule has 0 spiro atoms. The van der Waals surface area contributed by atoms with Gasteiger partial charge in [0.2, 0.25) is 0 Å². The van der Waals surface area contributed by atoms with Crippen LogP contribution in [0.5, 0.6) is 5.75 Å². The third kappa shape index (κ3) is 4.37. The van der Waals surface area contributed by atoms with Crippen LogP contribution in [-0.4, -0.2) is 29.5 Å². The second-order valence-corrected chi connectivity index (χ2v) is 8.48. The summed E-state index contributed by atoms with van der Waals surface area (Å²) in [6.45, 7) is 16.5. The fraction of sp³-hybridized carbons (Fsp3) is 0.682. The second kappa shape index (κ2) is 7.80. The van der Waals surface area contributed by atoms with Crippen molar-refractivity contribution in [1.82, 2.24) is 4.90 Å². The summed E-state index contributed by atoms with van der Waals surface area (Å²) in [6, 6.07) is 6.07. The van der Waals surface area contributed by atoms with Gasteiger partial charge in [-0.15, -0.1) is 0 Å². The average Bonchev–Trinajstić information content (AvgIpc) is 2.57. The van der Waals surface area contributed by atoms with Crippen LogP contribution in [0.25, 0.3) is 0 Å². The highest BCUT2D eigenvalue weighted by Gasteiger charge is 2.43. The van der Waals surface area contributed by atoms with Crippen LogP contribution in [0.4, 0.5) is 0 Å². The van der Waals surface area contributed by atoms with Gasteiger partial charge in [-0.05, 0) is 68.7 Å². The van der Waals surface area contributed by atoms with Crippen molar-refractivity contribution < 1.29 is 9.53 Å². The maximum Gasteiger partial charge on any atom is 0.266 e. The van der Waals surface area contributed by atoms with Crippen molar-refractivity contribution in [1.29, 1.82) is 0 Å². The van der Waals surface area contributed by atoms with Gasteiger partial charge >= 0.3 is 0 Å². The summed E-state index contributed by atoms with van der Waals surface area (Å²) in [6.07, 6.45) is 2.20. The first kappa shape index (κ1) is 19.8. The van der Waals surface area contributed by atoms with E-state index in [1.165, 1.54) is 11.1 Å². The number of carbonyl (C=O) groups excluding carboxylic acids is 1. The maximum absolute atomic E-state index is 13.3. The topological polar surface area (TPSA) is 29.5 Å². The summed E-state index contributed by atoms with van der Waals surface area (Å²) in [7, 11) is 0. The Bertz CT molecular complexity index is 600. The van der Waals surface area contributed by atoms with Crippen LogP contribution in [0, 0.1) is 31.6 Å². The summed E-state index contributed by atoms with van der Waals surface area (Å²) >= 11 is 0. The first-order valence-corrected chi connectivity index (χ1v) is 9.70. The van der Waals surface area contributed by atoms with Crippen LogP contribution in [-0.2, 0) is 4.79 Å². The van der Waals surface area contributed by atoms with Gasteiger partial charge in [-0.3, -0.25) is 4.79 Å². The van der Waals surface area contributed by atoms with Crippen molar-refractivity contribution >= 4 is 5.91 Å². The number of hydrogen-bond acceptors (Lipinski definition) is 2. The highest BCUT2D eigenvalue weighted by molar-refractivity contribution is 5.85. The molecule has 0 aromatic heterocycles. The van der Waals surface area contributed by atoms with E-state index in [1.807, 2.05) is 24.0 Å². The first-order valence-electron chi connectivity index (χ1n) is 9.70. The van der Waals surface area contributed by atoms with E-state index in [0.717, 1.165) is 37.6 Å². The number of benzene rings is 1. The third-order valence-corrected chi connectivity index (χ3v) is 6.10. The van der Waals surface area contributed by atoms with Crippen molar-refractivity contribution in [2.24, 2.45) is 17.8 Å². The van der Waals surface area contributed by atoms with Gasteiger partial charge in [-0.1, -0.05) is 33.8 Å². The summed E-state index contributed by atoms with van der Waals surface area (Å²) in [4.78, 5) is 15.3. The molecule has 0 N–H and O–H groups in total. The molecular formula is C22H35NO2. The molecule has 1 aromatic rings. The molecule has 1 aromatic carbocycles. The average molecular weight is 346 g/mol. The number of carbonyl (C=O) groups is 1. The van der Waals surface area contributed by atoms with Crippen LogP contribution in [0.3, 0.4) is 0 Å². The Balaban J connectivity index is 2.15. The van der Waals surface area contributed by atoms with Crippen molar-refractivity contribution in [2.45, 2.75) is 66.9 Å². The molecule has 0 radical (unpaired) electrons. The smallest absolute Gasteiger partial charge is 0.266 e. The Morgan fingerprint density at radius 3 is 2.20 bits per heavy atom. The molecule has 140 valence electrons. The lowest BCUT2D eigenvalue weighted by atomic mass is 9.85. The van der Waals surface area contributed by atoms with Gasteiger partial charge in [0.1, 0.15) is 5.75 Å². The Morgan fingerprint density at radius 1 is 1.12 bits per heavy atom. The van der Waals surface area contributed by atoms with Crippen molar-refractivity contribution in [3.05, 3.63) is 29.3 Å². The summed E-state index contributed by atoms with van der Waals surface area (Å²) in [5, 5.41) is 0. The molecule has 0 saturated carbocycles. The summed E-state index contributed by atoms with van der Waals surface area (Å²) in [5.41, 5.74) is 1.60. The third-order valence-electron chi connectivity index (χ3n) is 6.10. The number of rotatable bonds is 5. The number of aryl methyl sites for hydroxylation is 2. The van der Waals surface area contributed by atoms with Crippen LogP contribution in [0.1, 0.15) is 58.6 Å². The second-order valence-electron chi connectivity index (χ2n) is 8.48. The lowest BCUT2D eigenvalue weighted by molar-refractivity contribution is -0.152. The van der Waals surface area contributed by atoms with E-state index in [9.17, 15) is 4.79 Å². The zero-order valence-corrected chi connectivity index (χ0v) is 17.1. The molecule has 25 heavy (non-hydrogen) atoms. The molecule has 0 bridgehead atoms. The van der Waals surface area contributed by atoms with Crippen LogP contribution in [0.2, 0.25) is 0 Å². The molecule has 0 aliphatic carbocycles. The largest absolute Gasteiger partial charge is 0.477 e. The van der Waals surface area contributed by atoms with E-state index in [-0.39, 0.29) is 11.8 Å². The molecule has 1 heterocycles. The van der Waals surface area contributed by atoms with Crippen LogP contribution in [0.15, 0.2) is 18.2 Å². The minimum Gasteiger partial charge on any atom is -0.477 e. The molecular weight excluding hydrogens is 310 g/mol. The number of nitrogens with zero attached hydrogens (tertiary/aromatic N) is 1. The predicted octanol–water partition coefficient (Wildman–Crippen LogP) is 4.99. The zero-order chi connectivity index (χ0) is 18.8. The fourth-order valence-corrected chi connectivity index (χ4v) is 3.51. The van der Waals surface area contributed by atoms with Gasteiger partial charge in [-0.25, -0.2) is 0 Å². The molecule has 1 amide bonds. The van der Waals surface area contributed by atoms with E-state index < -0.39 is 5.60 Å². The van der Waals surface area contributed by atoms with E-state index in [0.29, 0.717) is 5.92 Å². The number of amides is 1. The quantitative estimate of drug-likeness (QED) is 0.752. The van der Waals surface area contributed by atoms with Crippen molar-refractivity contribution in [2.75, 3.05) is 13.1 Å². The minimum atomic E-state index is -0.827. The Hall–Kier alpha value is -1.51. The SMILES string of the molecule is Cc1ccc(OC(C)(C(=O)N2CCC(C(C)C)CC2)C(C)C)cc1C. The van der Waals surface area contributed by atoms with Gasteiger partial charge in [0.15, 0.2) is 5.60 Å². The monoisotopic (exact) mass is 345 g/mol. The molecule has 1 saturated heterocycles. The highest BCUT2D eigenvalue weighted by Crippen LogP contribution is 2.31. The first-order chi connectivity index (χ1) is 11.6. The lowest BCUT2D eigenvalue weighted by Gasteiger charge is -2.41. The Labute approximate surface area is 153 Å². The van der Waals surface area contributed by atoms with Gasteiger partial charge < -0.3 is 9.64 Å². The van der Waals surface area contributed by atoms with E-state index >= 15 is 0 Å². The van der Waals surface area contributed by atoms with Gasteiger partial charge in [0.05, 0.1) is 0 Å². The van der Waals surface area contributed by atoms with E-state index in [1.54, 1.807) is 0 Å². The molecule has 1 unspecified atom stereocenters. The molecule has 1 aliphatic heterocycles. The maximum atomic E-state index is 13.3. The van der Waals surface area contributed by atoms with E-state index in [4.69, 9.17) is 4.74 Å². The van der Waals surface area contributed by atoms with Crippen LogP contribution >= 0.6 is 0 Å². The number of ether oxygens (including phenoxy) is 1. The van der Waals surface area contributed by atoms with Gasteiger partial charge in [0, 0.05) is 19.0 Å².